The van der Waals surface area contributed by atoms with Gasteiger partial charge in [-0.25, -0.2) is 27.3 Å². The summed E-state index contributed by atoms with van der Waals surface area (Å²) >= 11 is 12.1. The van der Waals surface area contributed by atoms with Crippen LogP contribution < -0.4 is 0 Å². The Balaban J connectivity index is 1.41. The van der Waals surface area contributed by atoms with Crippen LogP contribution in [0.3, 0.4) is 0 Å². The van der Waals surface area contributed by atoms with Gasteiger partial charge in [-0.2, -0.15) is 0 Å². The molecule has 0 spiro atoms. The maximum Gasteiger partial charge on any atom is 0.269 e. The minimum absolute atomic E-state index is 0.188. The van der Waals surface area contributed by atoms with Crippen molar-refractivity contribution in [1.29, 1.82) is 0 Å². The van der Waals surface area contributed by atoms with Gasteiger partial charge in [0.05, 0.1) is 9.92 Å². The van der Waals surface area contributed by atoms with E-state index >= 15 is 0 Å². The number of hydrogen-bond acceptors (Lipinski definition) is 5. The quantitative estimate of drug-likeness (QED) is 0.272. The van der Waals surface area contributed by atoms with Gasteiger partial charge in [0.2, 0.25) is 0 Å². The average molecular weight is 523 g/mol. The van der Waals surface area contributed by atoms with Crippen molar-refractivity contribution in [3.8, 4) is 0 Å². The maximum atomic E-state index is 13.3. The molecule has 35 heavy (non-hydrogen) atoms. The summed E-state index contributed by atoms with van der Waals surface area (Å²) in [6.07, 6.45) is 8.55. The molecule has 0 saturated carbocycles. The number of nitrogens with zero attached hydrogens (tertiary/aromatic N) is 4. The third kappa shape index (κ3) is 5.07. The number of halogens is 2. The zero-order chi connectivity index (χ0) is 24.4. The van der Waals surface area contributed by atoms with Gasteiger partial charge in [0, 0.05) is 48.0 Å². The molecule has 0 amide bonds. The topological polar surface area (TPSA) is 77.7 Å². The van der Waals surface area contributed by atoms with Crippen molar-refractivity contribution in [2.45, 2.75) is 24.2 Å². The largest absolute Gasteiger partial charge is 0.269 e. The predicted octanol–water partition coefficient (Wildman–Crippen LogP) is 5.75. The summed E-state index contributed by atoms with van der Waals surface area (Å²) in [5.41, 5.74) is 3.12. The molecule has 3 aromatic heterocycles. The summed E-state index contributed by atoms with van der Waals surface area (Å²) < 4.78 is 27.8. The summed E-state index contributed by atoms with van der Waals surface area (Å²) in [7, 11) is -3.82. The molecule has 0 aliphatic carbocycles. The first kappa shape index (κ1) is 23.5. The zero-order valence-electron chi connectivity index (χ0n) is 18.5. The second-order valence-electron chi connectivity index (χ2n) is 8.10. The molecule has 0 aliphatic heterocycles. The second kappa shape index (κ2) is 9.77. The Kier molecular flexibility index (Phi) is 6.56. The lowest BCUT2D eigenvalue weighted by atomic mass is 10.1. The molecule has 2 aromatic carbocycles. The zero-order valence-corrected chi connectivity index (χ0v) is 20.8. The van der Waals surface area contributed by atoms with Gasteiger partial charge in [-0.15, -0.1) is 0 Å². The fraction of sp³-hybridized carbons (Fsp3) is 0.115. The van der Waals surface area contributed by atoms with E-state index in [4.69, 9.17) is 23.2 Å². The van der Waals surface area contributed by atoms with E-state index in [9.17, 15) is 8.42 Å². The van der Waals surface area contributed by atoms with Crippen LogP contribution in [0.4, 0.5) is 0 Å². The minimum Gasteiger partial charge on any atom is -0.241 e. The lowest BCUT2D eigenvalue weighted by molar-refractivity contribution is 0.588. The van der Waals surface area contributed by atoms with Crippen molar-refractivity contribution in [1.82, 2.24) is 18.9 Å². The molecule has 0 atom stereocenters. The van der Waals surface area contributed by atoms with Gasteiger partial charge in [-0.1, -0.05) is 53.5 Å². The van der Waals surface area contributed by atoms with Crippen LogP contribution in [0.1, 0.15) is 22.5 Å². The number of benzene rings is 2. The van der Waals surface area contributed by atoms with E-state index < -0.39 is 10.0 Å². The van der Waals surface area contributed by atoms with Crippen molar-refractivity contribution in [2.24, 2.45) is 0 Å². The Labute approximate surface area is 213 Å². The van der Waals surface area contributed by atoms with E-state index in [0.717, 1.165) is 23.4 Å². The SMILES string of the molecule is O=S(=O)(c1ccccc1)n1cc(Cc2cnc(CCc3ccc(Cl)cc3)nc2)c2cc(Cl)cnc21. The Morgan fingerprint density at radius 1 is 0.771 bits per heavy atom. The Morgan fingerprint density at radius 3 is 2.20 bits per heavy atom. The molecule has 176 valence electrons. The van der Waals surface area contributed by atoms with E-state index in [1.165, 1.54) is 15.7 Å². The molecule has 0 aliphatic rings. The molecule has 6 nitrogen and oxygen atoms in total. The van der Waals surface area contributed by atoms with Crippen molar-refractivity contribution in [2.75, 3.05) is 0 Å². The van der Waals surface area contributed by atoms with E-state index in [2.05, 4.69) is 15.0 Å². The monoisotopic (exact) mass is 522 g/mol. The van der Waals surface area contributed by atoms with Crippen LogP contribution in [0, 0.1) is 0 Å². The van der Waals surface area contributed by atoms with Crippen LogP contribution in [-0.2, 0) is 29.3 Å². The van der Waals surface area contributed by atoms with E-state index in [-0.39, 0.29) is 4.90 Å². The third-order valence-electron chi connectivity index (χ3n) is 5.67. The predicted molar refractivity (Wildman–Crippen MR) is 137 cm³/mol. The first-order valence-electron chi connectivity index (χ1n) is 10.9. The highest BCUT2D eigenvalue weighted by molar-refractivity contribution is 7.90. The molecule has 5 rings (SSSR count). The van der Waals surface area contributed by atoms with Crippen LogP contribution in [0.25, 0.3) is 11.0 Å². The first-order valence-corrected chi connectivity index (χ1v) is 13.1. The summed E-state index contributed by atoms with van der Waals surface area (Å²) in [5, 5.41) is 1.81. The molecule has 0 unspecified atom stereocenters. The summed E-state index contributed by atoms with van der Waals surface area (Å²) in [6.45, 7) is 0. The first-order chi connectivity index (χ1) is 16.9. The number of pyridine rings is 1. The van der Waals surface area contributed by atoms with E-state index in [1.807, 2.05) is 24.3 Å². The lowest BCUT2D eigenvalue weighted by Gasteiger charge is -2.06. The Bertz CT molecular complexity index is 1590. The average Bonchev–Trinajstić information content (AvgIpc) is 3.23. The third-order valence-corrected chi connectivity index (χ3v) is 7.79. The normalized spacial score (nSPS) is 11.7. The number of hydrogen-bond donors (Lipinski definition) is 0. The second-order valence-corrected chi connectivity index (χ2v) is 10.8. The highest BCUT2D eigenvalue weighted by Crippen LogP contribution is 2.28. The summed E-state index contributed by atoms with van der Waals surface area (Å²) in [6, 6.07) is 17.7. The fourth-order valence-corrected chi connectivity index (χ4v) is 5.53. The van der Waals surface area contributed by atoms with Gasteiger partial charge in [0.1, 0.15) is 5.82 Å². The van der Waals surface area contributed by atoms with E-state index in [0.29, 0.717) is 33.9 Å². The highest BCUT2D eigenvalue weighted by Gasteiger charge is 2.22. The van der Waals surface area contributed by atoms with Crippen LogP contribution >= 0.6 is 23.2 Å². The molecule has 0 bridgehead atoms. The van der Waals surface area contributed by atoms with E-state index in [1.54, 1.807) is 55.0 Å². The number of fused-ring (bicyclic) bond motifs is 1. The molecule has 9 heteroatoms. The van der Waals surface area contributed by atoms with Crippen molar-refractivity contribution >= 4 is 44.3 Å². The molecule has 0 saturated heterocycles. The maximum absolute atomic E-state index is 13.3. The lowest BCUT2D eigenvalue weighted by Crippen LogP contribution is -2.12. The van der Waals surface area contributed by atoms with Gasteiger partial charge < -0.3 is 0 Å². The van der Waals surface area contributed by atoms with Gasteiger partial charge >= 0.3 is 0 Å². The van der Waals surface area contributed by atoms with Crippen LogP contribution in [0.5, 0.6) is 0 Å². The molecular weight excluding hydrogens is 503 g/mol. The van der Waals surface area contributed by atoms with Crippen LogP contribution in [0.15, 0.2) is 90.3 Å². The van der Waals surface area contributed by atoms with Crippen molar-refractivity contribution in [3.63, 3.8) is 0 Å². The molecule has 3 heterocycles. The molecule has 0 N–H and O–H groups in total. The summed E-state index contributed by atoms with van der Waals surface area (Å²) in [5.74, 6) is 0.738. The number of aromatic nitrogens is 4. The minimum atomic E-state index is -3.82. The Morgan fingerprint density at radius 2 is 1.49 bits per heavy atom. The van der Waals surface area contributed by atoms with Gasteiger partial charge in [0.25, 0.3) is 10.0 Å². The summed E-state index contributed by atoms with van der Waals surface area (Å²) in [4.78, 5) is 13.5. The van der Waals surface area contributed by atoms with Gasteiger partial charge in [0.15, 0.2) is 5.65 Å². The number of aryl methyl sites for hydroxylation is 2. The van der Waals surface area contributed by atoms with Crippen LogP contribution in [0.2, 0.25) is 10.0 Å². The van der Waals surface area contributed by atoms with Gasteiger partial charge in [-0.3, -0.25) is 0 Å². The molecule has 5 aromatic rings. The standard InChI is InChI=1S/C26H20Cl2N4O2S/c27-21-9-6-18(7-10-21)8-11-25-29-14-19(15-30-25)12-20-17-32(26-24(20)13-22(28)16-31-26)35(33,34)23-4-2-1-3-5-23/h1-7,9-10,13-17H,8,11-12H2. The van der Waals surface area contributed by atoms with Crippen molar-refractivity contribution < 1.29 is 8.42 Å². The molecule has 0 radical (unpaired) electrons. The van der Waals surface area contributed by atoms with Gasteiger partial charge in [-0.05, 0) is 53.4 Å². The molecule has 0 fully saturated rings. The molecular formula is C26H20Cl2N4O2S. The Hall–Kier alpha value is -3.26. The highest BCUT2D eigenvalue weighted by atomic mass is 35.5. The van der Waals surface area contributed by atoms with Crippen molar-refractivity contribution in [3.05, 3.63) is 118 Å². The smallest absolute Gasteiger partial charge is 0.241 e. The van der Waals surface area contributed by atoms with Crippen LogP contribution in [-0.4, -0.2) is 27.3 Å². The number of rotatable bonds is 7. The fourth-order valence-electron chi connectivity index (χ4n) is 3.88.